The quantitative estimate of drug-likeness (QED) is 0.718. The second-order valence-corrected chi connectivity index (χ2v) is 5.08. The smallest absolute Gasteiger partial charge is 0.220 e. The van der Waals surface area contributed by atoms with Crippen LogP contribution in [0.15, 0.2) is 18.2 Å². The van der Waals surface area contributed by atoms with Crippen molar-refractivity contribution in [2.24, 2.45) is 0 Å². The molecule has 0 saturated carbocycles. The molecule has 112 valence electrons. The number of nitrogens with zero attached hydrogens (tertiary/aromatic N) is 1. The summed E-state index contributed by atoms with van der Waals surface area (Å²) < 4.78 is 0. The maximum Gasteiger partial charge on any atom is 0.220 e. The number of nitrogens with one attached hydrogen (secondary N) is 1. The number of rotatable bonds is 8. The molecule has 0 unspecified atom stereocenters. The zero-order valence-electron chi connectivity index (χ0n) is 12.9. The highest BCUT2D eigenvalue weighted by Crippen LogP contribution is 2.21. The minimum absolute atomic E-state index is 0.137. The number of nitrogen functional groups attached to an aromatic ring is 1. The Morgan fingerprint density at radius 2 is 2.05 bits per heavy atom. The zero-order chi connectivity index (χ0) is 15.0. The summed E-state index contributed by atoms with van der Waals surface area (Å²) in [4.78, 5) is 13.8. The number of benzene rings is 1. The van der Waals surface area contributed by atoms with Crippen LogP contribution in [0.25, 0.3) is 0 Å². The molecule has 4 heteroatoms. The molecule has 1 rings (SSSR count). The Balaban J connectivity index is 2.59. The summed E-state index contributed by atoms with van der Waals surface area (Å²) in [6.45, 7) is 8.73. The van der Waals surface area contributed by atoms with Crippen molar-refractivity contribution in [2.45, 2.75) is 40.0 Å². The van der Waals surface area contributed by atoms with E-state index in [0.717, 1.165) is 37.2 Å². The van der Waals surface area contributed by atoms with Gasteiger partial charge in [0.05, 0.1) is 0 Å². The SMILES string of the molecule is CCCN(CCCC(=O)NCC)c1ccc(N)c(C)c1. The third kappa shape index (κ3) is 5.11. The molecule has 1 amide bonds. The van der Waals surface area contributed by atoms with Gasteiger partial charge in [0.1, 0.15) is 0 Å². The lowest BCUT2D eigenvalue weighted by atomic mass is 10.1. The summed E-state index contributed by atoms with van der Waals surface area (Å²) in [5.41, 5.74) is 8.98. The van der Waals surface area contributed by atoms with Gasteiger partial charge in [-0.25, -0.2) is 0 Å². The zero-order valence-corrected chi connectivity index (χ0v) is 12.9. The molecule has 0 spiro atoms. The fourth-order valence-electron chi connectivity index (χ4n) is 2.21. The predicted molar refractivity (Wildman–Crippen MR) is 86.0 cm³/mol. The molecule has 0 aliphatic carbocycles. The molecule has 0 aliphatic rings. The van der Waals surface area contributed by atoms with Crippen LogP contribution in [0.2, 0.25) is 0 Å². The summed E-state index contributed by atoms with van der Waals surface area (Å²) in [5.74, 6) is 0.137. The minimum atomic E-state index is 0.137. The fraction of sp³-hybridized carbons (Fsp3) is 0.562. The Morgan fingerprint density at radius 3 is 2.65 bits per heavy atom. The van der Waals surface area contributed by atoms with E-state index >= 15 is 0 Å². The number of anilines is 2. The van der Waals surface area contributed by atoms with Gasteiger partial charge in [0.15, 0.2) is 0 Å². The molecule has 0 bridgehead atoms. The van der Waals surface area contributed by atoms with Gasteiger partial charge in [-0.05, 0) is 50.5 Å². The van der Waals surface area contributed by atoms with E-state index in [1.54, 1.807) is 0 Å². The van der Waals surface area contributed by atoms with E-state index in [2.05, 4.69) is 29.3 Å². The average Bonchev–Trinajstić information content (AvgIpc) is 2.41. The third-order valence-electron chi connectivity index (χ3n) is 3.32. The van der Waals surface area contributed by atoms with Gasteiger partial charge in [-0.2, -0.15) is 0 Å². The molecule has 4 nitrogen and oxygen atoms in total. The van der Waals surface area contributed by atoms with Gasteiger partial charge in [0.25, 0.3) is 0 Å². The van der Waals surface area contributed by atoms with E-state index in [1.807, 2.05) is 19.9 Å². The van der Waals surface area contributed by atoms with Crippen LogP contribution in [0.5, 0.6) is 0 Å². The number of hydrogen-bond acceptors (Lipinski definition) is 3. The van der Waals surface area contributed by atoms with Crippen molar-refractivity contribution in [1.29, 1.82) is 0 Å². The number of carbonyl (C=O) groups excluding carboxylic acids is 1. The van der Waals surface area contributed by atoms with Crippen LogP contribution in [-0.4, -0.2) is 25.5 Å². The van der Waals surface area contributed by atoms with E-state index in [1.165, 1.54) is 5.69 Å². The lowest BCUT2D eigenvalue weighted by Gasteiger charge is -2.25. The molecule has 0 radical (unpaired) electrons. The standard InChI is InChI=1S/C16H27N3O/c1-4-10-19(11-6-7-16(20)18-5-2)14-8-9-15(17)13(3)12-14/h8-9,12H,4-7,10-11,17H2,1-3H3,(H,18,20). The second-order valence-electron chi connectivity index (χ2n) is 5.08. The van der Waals surface area contributed by atoms with Crippen LogP contribution in [0.1, 0.15) is 38.7 Å². The number of amides is 1. The molecule has 1 aromatic carbocycles. The van der Waals surface area contributed by atoms with Crippen molar-refractivity contribution >= 4 is 17.3 Å². The maximum atomic E-state index is 11.5. The van der Waals surface area contributed by atoms with Gasteiger partial charge < -0.3 is 16.0 Å². The van der Waals surface area contributed by atoms with E-state index in [-0.39, 0.29) is 5.91 Å². The molecule has 0 fully saturated rings. The van der Waals surface area contributed by atoms with Gasteiger partial charge >= 0.3 is 0 Å². The van der Waals surface area contributed by atoms with Crippen molar-refractivity contribution in [3.63, 3.8) is 0 Å². The summed E-state index contributed by atoms with van der Waals surface area (Å²) in [7, 11) is 0. The van der Waals surface area contributed by atoms with Crippen LogP contribution in [0, 0.1) is 6.92 Å². The molecule has 1 aromatic rings. The van der Waals surface area contributed by atoms with Gasteiger partial charge in [0, 0.05) is 37.4 Å². The largest absolute Gasteiger partial charge is 0.399 e. The van der Waals surface area contributed by atoms with E-state index in [4.69, 9.17) is 5.73 Å². The van der Waals surface area contributed by atoms with Gasteiger partial charge in [0.2, 0.25) is 5.91 Å². The highest BCUT2D eigenvalue weighted by molar-refractivity contribution is 5.75. The van der Waals surface area contributed by atoms with Crippen molar-refractivity contribution in [3.8, 4) is 0 Å². The molecular formula is C16H27N3O. The molecule has 0 heterocycles. The lowest BCUT2D eigenvalue weighted by Crippen LogP contribution is -2.28. The van der Waals surface area contributed by atoms with Crippen LogP contribution in [0.4, 0.5) is 11.4 Å². The number of aryl methyl sites for hydroxylation is 1. The van der Waals surface area contributed by atoms with Crippen LogP contribution >= 0.6 is 0 Å². The molecule has 3 N–H and O–H groups in total. The highest BCUT2D eigenvalue weighted by atomic mass is 16.1. The van der Waals surface area contributed by atoms with Gasteiger partial charge in [-0.1, -0.05) is 6.92 Å². The summed E-state index contributed by atoms with van der Waals surface area (Å²) in [6.07, 6.45) is 2.54. The van der Waals surface area contributed by atoms with Crippen molar-refractivity contribution in [3.05, 3.63) is 23.8 Å². The number of nitrogens with two attached hydrogens (primary N) is 1. The lowest BCUT2D eigenvalue weighted by molar-refractivity contribution is -0.121. The van der Waals surface area contributed by atoms with Gasteiger partial charge in [-0.3, -0.25) is 4.79 Å². The van der Waals surface area contributed by atoms with E-state index in [0.29, 0.717) is 13.0 Å². The maximum absolute atomic E-state index is 11.5. The first-order valence-corrected chi connectivity index (χ1v) is 7.46. The summed E-state index contributed by atoms with van der Waals surface area (Å²) >= 11 is 0. The first kappa shape index (κ1) is 16.3. The second kappa shape index (κ2) is 8.46. The Labute approximate surface area is 122 Å². The molecular weight excluding hydrogens is 250 g/mol. The molecule has 0 aliphatic heterocycles. The Kier molecular flexibility index (Phi) is 6.91. The monoisotopic (exact) mass is 277 g/mol. The third-order valence-corrected chi connectivity index (χ3v) is 3.32. The summed E-state index contributed by atoms with van der Waals surface area (Å²) in [6, 6.07) is 6.14. The Bertz CT molecular complexity index is 432. The average molecular weight is 277 g/mol. The fourth-order valence-corrected chi connectivity index (χ4v) is 2.21. The number of carbonyl (C=O) groups is 1. The first-order valence-electron chi connectivity index (χ1n) is 7.46. The van der Waals surface area contributed by atoms with Gasteiger partial charge in [-0.15, -0.1) is 0 Å². The van der Waals surface area contributed by atoms with E-state index in [9.17, 15) is 4.79 Å². The topological polar surface area (TPSA) is 58.4 Å². The predicted octanol–water partition coefficient (Wildman–Crippen LogP) is 2.71. The van der Waals surface area contributed by atoms with Crippen molar-refractivity contribution in [2.75, 3.05) is 30.3 Å². The molecule has 0 atom stereocenters. The first-order chi connectivity index (χ1) is 9.58. The Morgan fingerprint density at radius 1 is 1.30 bits per heavy atom. The normalized spacial score (nSPS) is 10.3. The van der Waals surface area contributed by atoms with Crippen LogP contribution in [-0.2, 0) is 4.79 Å². The molecule has 20 heavy (non-hydrogen) atoms. The molecule has 0 aromatic heterocycles. The van der Waals surface area contributed by atoms with Crippen LogP contribution < -0.4 is 16.0 Å². The van der Waals surface area contributed by atoms with E-state index < -0.39 is 0 Å². The minimum Gasteiger partial charge on any atom is -0.399 e. The van der Waals surface area contributed by atoms with Crippen LogP contribution in [0.3, 0.4) is 0 Å². The number of hydrogen-bond donors (Lipinski definition) is 2. The van der Waals surface area contributed by atoms with Crippen molar-refractivity contribution in [1.82, 2.24) is 5.32 Å². The Hall–Kier alpha value is -1.71. The summed E-state index contributed by atoms with van der Waals surface area (Å²) in [5, 5.41) is 2.83. The van der Waals surface area contributed by atoms with Crippen molar-refractivity contribution < 1.29 is 4.79 Å². The highest BCUT2D eigenvalue weighted by Gasteiger charge is 2.08. The molecule has 0 saturated heterocycles.